The summed E-state index contributed by atoms with van der Waals surface area (Å²) in [4.78, 5) is 15.0. The highest BCUT2D eigenvalue weighted by molar-refractivity contribution is 6.01. The van der Waals surface area contributed by atoms with Gasteiger partial charge in [-0.2, -0.15) is 0 Å². The number of anilines is 1. The van der Waals surface area contributed by atoms with Crippen molar-refractivity contribution in [2.75, 3.05) is 11.9 Å². The Kier molecular flexibility index (Phi) is 3.38. The van der Waals surface area contributed by atoms with Crippen molar-refractivity contribution in [3.8, 4) is 0 Å². The number of likely N-dealkylation sites (tertiary alicyclic amines) is 1. The molecule has 2 fully saturated rings. The number of carbonyl (C=O) groups excluding carboxylic acids is 1. The van der Waals surface area contributed by atoms with Crippen molar-refractivity contribution in [2.24, 2.45) is 10.8 Å². The molecular weight excluding hydrogens is 296 g/mol. The number of fused-ring (bicyclic) bond motifs is 3. The molecule has 3 nitrogen and oxygen atoms in total. The molecule has 0 aromatic heterocycles. The molecule has 2 aromatic carbocycles. The summed E-state index contributed by atoms with van der Waals surface area (Å²) >= 11 is 0. The highest BCUT2D eigenvalue weighted by Crippen LogP contribution is 2.52. The van der Waals surface area contributed by atoms with Crippen molar-refractivity contribution in [1.29, 1.82) is 0 Å². The molecule has 2 atom stereocenters. The Bertz CT molecular complexity index is 792. The molecule has 1 aliphatic heterocycles. The SMILES string of the molecule is CC1(C)CC2CC(C)(CN2C(=O)Nc2cccc3ccccc23)C1. The number of benzene rings is 2. The lowest BCUT2D eigenvalue weighted by atomic mass is 9.65. The van der Waals surface area contributed by atoms with E-state index in [1.807, 2.05) is 24.3 Å². The van der Waals surface area contributed by atoms with E-state index in [2.05, 4.69) is 49.2 Å². The second kappa shape index (κ2) is 5.23. The molecule has 2 aromatic rings. The molecule has 1 heterocycles. The van der Waals surface area contributed by atoms with Gasteiger partial charge in [0.15, 0.2) is 0 Å². The lowest BCUT2D eigenvalue weighted by molar-refractivity contribution is 0.130. The highest BCUT2D eigenvalue weighted by Gasteiger charge is 2.51. The number of hydrogen-bond donors (Lipinski definition) is 1. The van der Waals surface area contributed by atoms with E-state index in [-0.39, 0.29) is 11.4 Å². The van der Waals surface area contributed by atoms with Gasteiger partial charge in [0.25, 0.3) is 0 Å². The van der Waals surface area contributed by atoms with E-state index in [0.29, 0.717) is 11.5 Å². The van der Waals surface area contributed by atoms with Crippen molar-refractivity contribution >= 4 is 22.5 Å². The number of carbonyl (C=O) groups is 1. The zero-order valence-corrected chi connectivity index (χ0v) is 14.8. The fourth-order valence-corrected chi connectivity index (χ4v) is 5.22. The van der Waals surface area contributed by atoms with Crippen LogP contribution in [0.4, 0.5) is 10.5 Å². The Balaban J connectivity index is 1.59. The first kappa shape index (κ1) is 15.5. The first-order valence-corrected chi connectivity index (χ1v) is 8.91. The van der Waals surface area contributed by atoms with Crippen LogP contribution in [0.2, 0.25) is 0 Å². The van der Waals surface area contributed by atoms with Gasteiger partial charge in [0, 0.05) is 18.0 Å². The number of nitrogens with one attached hydrogen (secondary N) is 1. The van der Waals surface area contributed by atoms with Crippen molar-refractivity contribution in [2.45, 2.75) is 46.1 Å². The third-order valence-corrected chi connectivity index (χ3v) is 5.71. The minimum absolute atomic E-state index is 0.0535. The predicted octanol–water partition coefficient (Wildman–Crippen LogP) is 5.27. The van der Waals surface area contributed by atoms with Crippen molar-refractivity contribution in [1.82, 2.24) is 4.90 Å². The van der Waals surface area contributed by atoms with Crippen LogP contribution in [0.25, 0.3) is 10.8 Å². The molecule has 1 N–H and O–H groups in total. The fourth-order valence-electron chi connectivity index (χ4n) is 5.22. The smallest absolute Gasteiger partial charge is 0.321 e. The second-order valence-electron chi connectivity index (χ2n) is 8.80. The van der Waals surface area contributed by atoms with E-state index in [1.165, 1.54) is 6.42 Å². The van der Waals surface area contributed by atoms with Crippen molar-refractivity contribution in [3.63, 3.8) is 0 Å². The Morgan fingerprint density at radius 3 is 2.67 bits per heavy atom. The molecule has 0 radical (unpaired) electrons. The molecular formula is C21H26N2O. The van der Waals surface area contributed by atoms with Crippen molar-refractivity contribution < 1.29 is 4.79 Å². The van der Waals surface area contributed by atoms with Gasteiger partial charge in [0.05, 0.1) is 5.69 Å². The third kappa shape index (κ3) is 2.66. The van der Waals surface area contributed by atoms with Gasteiger partial charge in [0.1, 0.15) is 0 Å². The summed E-state index contributed by atoms with van der Waals surface area (Å²) in [6.45, 7) is 7.89. The first-order chi connectivity index (χ1) is 11.4. The number of urea groups is 1. The average molecular weight is 322 g/mol. The molecule has 1 aliphatic carbocycles. The summed E-state index contributed by atoms with van der Waals surface area (Å²) in [5, 5.41) is 5.43. The number of rotatable bonds is 1. The third-order valence-electron chi connectivity index (χ3n) is 5.71. The van der Waals surface area contributed by atoms with Gasteiger partial charge in [-0.3, -0.25) is 0 Å². The van der Waals surface area contributed by atoms with E-state index in [4.69, 9.17) is 0 Å². The number of nitrogens with zero attached hydrogens (tertiary/aromatic N) is 1. The Labute approximate surface area is 144 Å². The summed E-state index contributed by atoms with van der Waals surface area (Å²) in [6, 6.07) is 14.7. The van der Waals surface area contributed by atoms with Crippen LogP contribution in [0.1, 0.15) is 40.0 Å². The van der Waals surface area contributed by atoms with Crippen LogP contribution in [0.15, 0.2) is 42.5 Å². The first-order valence-electron chi connectivity index (χ1n) is 8.91. The van der Waals surface area contributed by atoms with E-state index in [1.54, 1.807) is 0 Å². The van der Waals surface area contributed by atoms with Gasteiger partial charge < -0.3 is 10.2 Å². The lowest BCUT2D eigenvalue weighted by Gasteiger charge is -2.39. The predicted molar refractivity (Wildman–Crippen MR) is 99.2 cm³/mol. The molecule has 4 rings (SSSR count). The van der Waals surface area contributed by atoms with Crippen LogP contribution < -0.4 is 5.32 Å². The maximum Gasteiger partial charge on any atom is 0.322 e. The van der Waals surface area contributed by atoms with Gasteiger partial charge >= 0.3 is 6.03 Å². The maximum atomic E-state index is 13.0. The van der Waals surface area contributed by atoms with Crippen LogP contribution in [0, 0.1) is 10.8 Å². The molecule has 2 aliphatic rings. The number of amides is 2. The van der Waals surface area contributed by atoms with Gasteiger partial charge in [-0.1, -0.05) is 57.2 Å². The van der Waals surface area contributed by atoms with E-state index >= 15 is 0 Å². The van der Waals surface area contributed by atoms with Crippen LogP contribution >= 0.6 is 0 Å². The van der Waals surface area contributed by atoms with Crippen LogP contribution in [-0.4, -0.2) is 23.5 Å². The molecule has 0 spiro atoms. The topological polar surface area (TPSA) is 32.3 Å². The molecule has 2 bridgehead atoms. The largest absolute Gasteiger partial charge is 0.322 e. The van der Waals surface area contributed by atoms with Gasteiger partial charge in [-0.25, -0.2) is 4.79 Å². The van der Waals surface area contributed by atoms with Gasteiger partial charge in [0.2, 0.25) is 0 Å². The Morgan fingerprint density at radius 1 is 1.08 bits per heavy atom. The van der Waals surface area contributed by atoms with Crippen LogP contribution in [0.3, 0.4) is 0 Å². The second-order valence-corrected chi connectivity index (χ2v) is 8.80. The minimum atomic E-state index is 0.0535. The maximum absolute atomic E-state index is 13.0. The Hall–Kier alpha value is -2.03. The number of hydrogen-bond acceptors (Lipinski definition) is 1. The molecule has 24 heavy (non-hydrogen) atoms. The molecule has 126 valence electrons. The van der Waals surface area contributed by atoms with Crippen molar-refractivity contribution in [3.05, 3.63) is 42.5 Å². The molecule has 2 amide bonds. The van der Waals surface area contributed by atoms with Crippen LogP contribution in [0.5, 0.6) is 0 Å². The van der Waals surface area contributed by atoms with Crippen LogP contribution in [-0.2, 0) is 0 Å². The standard InChI is InChI=1S/C21H26N2O/c1-20(2)11-16-12-21(3,13-20)14-23(16)19(24)22-18-10-6-8-15-7-4-5-9-17(15)18/h4-10,16H,11-14H2,1-3H3,(H,22,24). The van der Waals surface area contributed by atoms with Gasteiger partial charge in [-0.05, 0) is 41.5 Å². The summed E-state index contributed by atoms with van der Waals surface area (Å²) < 4.78 is 0. The summed E-state index contributed by atoms with van der Waals surface area (Å²) in [5.41, 5.74) is 1.50. The summed E-state index contributed by atoms with van der Waals surface area (Å²) in [6.07, 6.45) is 3.44. The molecule has 1 saturated carbocycles. The van der Waals surface area contributed by atoms with E-state index in [9.17, 15) is 4.79 Å². The summed E-state index contributed by atoms with van der Waals surface area (Å²) in [5.74, 6) is 0. The molecule has 2 unspecified atom stereocenters. The fraction of sp³-hybridized carbons (Fsp3) is 0.476. The monoisotopic (exact) mass is 322 g/mol. The minimum Gasteiger partial charge on any atom is -0.321 e. The normalized spacial score (nSPS) is 28.1. The quantitative estimate of drug-likeness (QED) is 0.762. The zero-order chi connectivity index (χ0) is 16.9. The zero-order valence-electron chi connectivity index (χ0n) is 14.8. The lowest BCUT2D eigenvalue weighted by Crippen LogP contribution is -2.40. The molecule has 3 heteroatoms. The average Bonchev–Trinajstić information content (AvgIpc) is 2.77. The Morgan fingerprint density at radius 2 is 1.83 bits per heavy atom. The highest BCUT2D eigenvalue weighted by atomic mass is 16.2. The molecule has 1 saturated heterocycles. The van der Waals surface area contributed by atoms with E-state index in [0.717, 1.165) is 35.8 Å². The summed E-state index contributed by atoms with van der Waals surface area (Å²) in [7, 11) is 0. The van der Waals surface area contributed by atoms with Gasteiger partial charge in [-0.15, -0.1) is 0 Å². The van der Waals surface area contributed by atoms with E-state index < -0.39 is 0 Å².